The molecule has 2 heterocycles. The van der Waals surface area contributed by atoms with Crippen molar-refractivity contribution in [1.82, 2.24) is 4.57 Å². The van der Waals surface area contributed by atoms with E-state index in [2.05, 4.69) is 186 Å². The third kappa shape index (κ3) is 4.27. The lowest BCUT2D eigenvalue weighted by molar-refractivity contribution is 0.721. The van der Waals surface area contributed by atoms with Gasteiger partial charge in [-0.2, -0.15) is 0 Å². The Kier molecular flexibility index (Phi) is 6.25. The second kappa shape index (κ2) is 11.0. The van der Waals surface area contributed by atoms with Crippen LogP contribution in [0, 0.1) is 5.92 Å². The van der Waals surface area contributed by atoms with Crippen molar-refractivity contribution in [2.45, 2.75) is 13.3 Å². The van der Waals surface area contributed by atoms with Crippen LogP contribution in [-0.2, 0) is 6.42 Å². The van der Waals surface area contributed by atoms with Crippen LogP contribution in [0.5, 0.6) is 0 Å². The van der Waals surface area contributed by atoms with E-state index in [-0.39, 0.29) is 0 Å². The topological polar surface area (TPSA) is 8.17 Å². The maximum atomic E-state index is 2.55. The van der Waals surface area contributed by atoms with Crippen LogP contribution in [0.4, 0.5) is 17.1 Å². The van der Waals surface area contributed by atoms with Crippen LogP contribution in [-0.4, -0.2) is 4.57 Å². The number of para-hydroxylation sites is 3. The van der Waals surface area contributed by atoms with Gasteiger partial charge in [-0.3, -0.25) is 0 Å². The summed E-state index contributed by atoms with van der Waals surface area (Å²) in [5.74, 6) is 0.529. The van der Waals surface area contributed by atoms with Crippen LogP contribution in [0.3, 0.4) is 0 Å². The first-order valence-corrected chi connectivity index (χ1v) is 17.3. The maximum Gasteiger partial charge on any atom is 0.0641 e. The van der Waals surface area contributed by atoms with E-state index >= 15 is 0 Å². The number of hydrogen-bond donors (Lipinski definition) is 0. The number of rotatable bonds is 3. The van der Waals surface area contributed by atoms with E-state index < -0.39 is 0 Å². The van der Waals surface area contributed by atoms with Crippen LogP contribution in [0.25, 0.3) is 66.9 Å². The summed E-state index contributed by atoms with van der Waals surface area (Å²) in [6.07, 6.45) is 5.76. The maximum absolute atomic E-state index is 2.55. The molecule has 0 bridgehead atoms. The van der Waals surface area contributed by atoms with Gasteiger partial charge in [-0.05, 0) is 76.4 Å². The van der Waals surface area contributed by atoms with Crippen LogP contribution in [0.1, 0.15) is 18.1 Å². The van der Waals surface area contributed by atoms with Crippen LogP contribution in [0.15, 0.2) is 164 Å². The third-order valence-electron chi connectivity index (χ3n) is 10.5. The summed E-state index contributed by atoms with van der Waals surface area (Å²) in [5, 5.41) is 3.89. The zero-order valence-electron chi connectivity index (χ0n) is 27.3. The first-order chi connectivity index (χ1) is 24.2. The van der Waals surface area contributed by atoms with Crippen molar-refractivity contribution in [3.05, 3.63) is 175 Å². The van der Waals surface area contributed by atoms with E-state index in [0.29, 0.717) is 5.92 Å². The van der Waals surface area contributed by atoms with Crippen molar-refractivity contribution < 1.29 is 0 Å². The second-order valence-corrected chi connectivity index (χ2v) is 13.4. The minimum absolute atomic E-state index is 0.529. The summed E-state index contributed by atoms with van der Waals surface area (Å²) in [6, 6.07) is 57.9. The molecule has 10 rings (SSSR count). The van der Waals surface area contributed by atoms with E-state index in [1.807, 2.05) is 0 Å². The Hall–Kier alpha value is -6.12. The second-order valence-electron chi connectivity index (χ2n) is 13.4. The number of benzene rings is 7. The minimum Gasteiger partial charge on any atom is -0.309 e. The molecule has 1 atom stereocenters. The van der Waals surface area contributed by atoms with Gasteiger partial charge in [0.25, 0.3) is 0 Å². The molecule has 0 radical (unpaired) electrons. The molecular weight excluding hydrogens is 593 g/mol. The van der Waals surface area contributed by atoms with E-state index in [1.54, 1.807) is 0 Å². The molecule has 1 aromatic heterocycles. The van der Waals surface area contributed by atoms with Gasteiger partial charge in [0.05, 0.1) is 28.3 Å². The molecule has 0 amide bonds. The first-order valence-electron chi connectivity index (χ1n) is 17.3. The molecule has 2 aliphatic rings. The fourth-order valence-corrected chi connectivity index (χ4v) is 8.26. The lowest BCUT2D eigenvalue weighted by atomic mass is 9.86. The summed E-state index contributed by atoms with van der Waals surface area (Å²) in [6.45, 7) is 2.32. The predicted octanol–water partition coefficient (Wildman–Crippen LogP) is 12.8. The average molecular weight is 627 g/mol. The zero-order chi connectivity index (χ0) is 32.5. The molecule has 8 aromatic rings. The molecule has 0 saturated heterocycles. The molecule has 7 aromatic carbocycles. The third-order valence-corrected chi connectivity index (χ3v) is 10.5. The standard InChI is InChI=1S/C47H34N2/c1-31-23-24-34-30-45(37-16-6-5-15-36(37)41(34)29-31)49-43-21-11-8-18-39(43)46-38-17-7-10-20-42(38)48(44-22-12-9-19-40(44)47(46)49)35-27-25-33(26-28-35)32-13-3-2-4-14-32/h2-28,30-31H,29H2,1H3. The van der Waals surface area contributed by atoms with Crippen molar-refractivity contribution in [3.63, 3.8) is 0 Å². The largest absolute Gasteiger partial charge is 0.309 e. The zero-order valence-corrected chi connectivity index (χ0v) is 27.3. The van der Waals surface area contributed by atoms with Gasteiger partial charge in [0.2, 0.25) is 0 Å². The van der Waals surface area contributed by atoms with Crippen molar-refractivity contribution in [2.24, 2.45) is 5.92 Å². The van der Waals surface area contributed by atoms with Gasteiger partial charge in [-0.25, -0.2) is 0 Å². The number of aromatic nitrogens is 1. The van der Waals surface area contributed by atoms with Gasteiger partial charge in [-0.15, -0.1) is 0 Å². The molecule has 49 heavy (non-hydrogen) atoms. The SMILES string of the molecule is CC1C=Cc2cc(-n3c4c(c5ccccc53)-c3ccccc3N(c3ccc(-c5ccccc5)cc3)c3ccccc3-4)c3ccccc3c2C1. The van der Waals surface area contributed by atoms with E-state index in [1.165, 1.54) is 83.4 Å². The lowest BCUT2D eigenvalue weighted by Gasteiger charge is -2.28. The lowest BCUT2D eigenvalue weighted by Crippen LogP contribution is -2.11. The van der Waals surface area contributed by atoms with Crippen molar-refractivity contribution in [1.29, 1.82) is 0 Å². The highest BCUT2D eigenvalue weighted by molar-refractivity contribution is 6.14. The molecule has 2 nitrogen and oxygen atoms in total. The Morgan fingerprint density at radius 2 is 1.14 bits per heavy atom. The molecule has 1 aliphatic heterocycles. The Bertz CT molecular complexity index is 2590. The van der Waals surface area contributed by atoms with Crippen LogP contribution in [0.2, 0.25) is 0 Å². The van der Waals surface area contributed by atoms with Gasteiger partial charge in [-0.1, -0.05) is 140 Å². The first kappa shape index (κ1) is 27.9. The molecule has 0 spiro atoms. The van der Waals surface area contributed by atoms with Gasteiger partial charge in [0.1, 0.15) is 0 Å². The summed E-state index contributed by atoms with van der Waals surface area (Å²) in [4.78, 5) is 2.45. The normalized spacial score (nSPS) is 14.6. The molecule has 1 aliphatic carbocycles. The Labute approximate surface area is 286 Å². The van der Waals surface area contributed by atoms with Gasteiger partial charge in [0, 0.05) is 33.2 Å². The Morgan fingerprint density at radius 3 is 1.94 bits per heavy atom. The van der Waals surface area contributed by atoms with Crippen LogP contribution >= 0.6 is 0 Å². The van der Waals surface area contributed by atoms with E-state index in [0.717, 1.165) is 12.1 Å². The van der Waals surface area contributed by atoms with E-state index in [9.17, 15) is 0 Å². The molecular formula is C47H34N2. The number of nitrogens with zero attached hydrogens (tertiary/aromatic N) is 2. The quantitative estimate of drug-likeness (QED) is 0.189. The smallest absolute Gasteiger partial charge is 0.0641 e. The molecule has 0 saturated carbocycles. The summed E-state index contributed by atoms with van der Waals surface area (Å²) in [5.41, 5.74) is 16.1. The van der Waals surface area contributed by atoms with Crippen LogP contribution < -0.4 is 4.90 Å². The Morgan fingerprint density at radius 1 is 0.531 bits per heavy atom. The Balaban J connectivity index is 1.29. The predicted molar refractivity (Wildman–Crippen MR) is 207 cm³/mol. The van der Waals surface area contributed by atoms with E-state index in [4.69, 9.17) is 0 Å². The van der Waals surface area contributed by atoms with Gasteiger partial charge >= 0.3 is 0 Å². The highest BCUT2D eigenvalue weighted by Gasteiger charge is 2.32. The number of fused-ring (bicyclic) bond motifs is 10. The molecule has 2 heteroatoms. The molecule has 1 unspecified atom stereocenters. The highest BCUT2D eigenvalue weighted by Crippen LogP contribution is 2.55. The number of hydrogen-bond acceptors (Lipinski definition) is 1. The van der Waals surface area contributed by atoms with Crippen molar-refractivity contribution in [3.8, 4) is 39.2 Å². The summed E-state index contributed by atoms with van der Waals surface area (Å²) < 4.78 is 2.55. The molecule has 232 valence electrons. The highest BCUT2D eigenvalue weighted by atomic mass is 15.2. The van der Waals surface area contributed by atoms with Crippen molar-refractivity contribution in [2.75, 3.05) is 4.90 Å². The van der Waals surface area contributed by atoms with Gasteiger partial charge in [0.15, 0.2) is 0 Å². The van der Waals surface area contributed by atoms with Crippen molar-refractivity contribution >= 4 is 44.8 Å². The van der Waals surface area contributed by atoms with Gasteiger partial charge < -0.3 is 9.47 Å². The monoisotopic (exact) mass is 626 g/mol. The minimum atomic E-state index is 0.529. The fraction of sp³-hybridized carbons (Fsp3) is 0.0638. The molecule has 0 N–H and O–H groups in total. The summed E-state index contributed by atoms with van der Waals surface area (Å²) >= 11 is 0. The average Bonchev–Trinajstić information content (AvgIpc) is 3.44. The molecule has 0 fully saturated rings. The number of anilines is 3. The number of allylic oxidation sites excluding steroid dienone is 1. The summed E-state index contributed by atoms with van der Waals surface area (Å²) in [7, 11) is 0. The fourth-order valence-electron chi connectivity index (χ4n) is 8.26.